The van der Waals surface area contributed by atoms with Gasteiger partial charge in [-0.3, -0.25) is 14.3 Å². The molecule has 1 amide bonds. The molecule has 1 N–H and O–H groups in total. The second kappa shape index (κ2) is 9.40. The van der Waals surface area contributed by atoms with Crippen LogP contribution in [-0.2, 0) is 11.3 Å². The van der Waals surface area contributed by atoms with Crippen molar-refractivity contribution in [2.24, 2.45) is 0 Å². The number of ether oxygens (including phenoxy) is 1. The van der Waals surface area contributed by atoms with E-state index in [1.807, 2.05) is 24.3 Å². The van der Waals surface area contributed by atoms with Crippen LogP contribution in [0.3, 0.4) is 0 Å². The molecule has 1 saturated carbocycles. The van der Waals surface area contributed by atoms with Gasteiger partial charge in [-0.1, -0.05) is 36.6 Å². The number of benzene rings is 1. The zero-order chi connectivity index (χ0) is 24.5. The summed E-state index contributed by atoms with van der Waals surface area (Å²) in [6.07, 6.45) is 7.57. The van der Waals surface area contributed by atoms with Crippen LogP contribution in [0.2, 0.25) is 0 Å². The van der Waals surface area contributed by atoms with E-state index in [0.29, 0.717) is 23.2 Å². The summed E-state index contributed by atoms with van der Waals surface area (Å²) in [6, 6.07) is 9.88. The Morgan fingerprint density at radius 2 is 1.97 bits per heavy atom. The number of aromatic nitrogens is 4. The Balaban J connectivity index is 1.81. The molecule has 1 aromatic carbocycles. The van der Waals surface area contributed by atoms with Crippen LogP contribution in [0.25, 0.3) is 33.5 Å². The van der Waals surface area contributed by atoms with Crippen molar-refractivity contribution in [1.82, 2.24) is 24.6 Å². The monoisotopic (exact) mass is 475 g/mol. The quantitative estimate of drug-likeness (QED) is 0.448. The number of methoxy groups -OCH3 is 1. The number of nitrogens with one attached hydrogen (secondary N) is 1. The summed E-state index contributed by atoms with van der Waals surface area (Å²) in [6.45, 7) is 0.176. The number of H-pyrrole nitrogens is 1. The highest BCUT2D eigenvalue weighted by Crippen LogP contribution is 2.45. The first-order chi connectivity index (χ1) is 17.0. The SMILES string of the molecule is COc1cc(-c2c(C3CCCCC3)c3ccc(-c4noc(=O)[nH]4)cc3n2CC(=O)N(C)C)ccn1. The van der Waals surface area contributed by atoms with Gasteiger partial charge in [-0.2, -0.15) is 0 Å². The molecular weight excluding hydrogens is 446 g/mol. The third-order valence-electron chi connectivity index (χ3n) is 6.84. The Kier molecular flexibility index (Phi) is 6.15. The van der Waals surface area contributed by atoms with Gasteiger partial charge in [0, 0.05) is 42.9 Å². The van der Waals surface area contributed by atoms with E-state index < -0.39 is 5.76 Å². The predicted molar refractivity (Wildman–Crippen MR) is 132 cm³/mol. The lowest BCUT2D eigenvalue weighted by molar-refractivity contribution is -0.129. The lowest BCUT2D eigenvalue weighted by Crippen LogP contribution is -2.26. The van der Waals surface area contributed by atoms with Crippen LogP contribution in [0.1, 0.15) is 43.6 Å². The molecule has 0 bridgehead atoms. The van der Waals surface area contributed by atoms with Gasteiger partial charge in [-0.05, 0) is 36.5 Å². The third kappa shape index (κ3) is 4.34. The van der Waals surface area contributed by atoms with Crippen molar-refractivity contribution >= 4 is 16.8 Å². The smallest absolute Gasteiger partial charge is 0.439 e. The van der Waals surface area contributed by atoms with E-state index in [0.717, 1.165) is 35.0 Å². The van der Waals surface area contributed by atoms with Gasteiger partial charge >= 0.3 is 5.76 Å². The number of carbonyl (C=O) groups is 1. The van der Waals surface area contributed by atoms with Crippen LogP contribution >= 0.6 is 0 Å². The van der Waals surface area contributed by atoms with Gasteiger partial charge in [0.25, 0.3) is 0 Å². The summed E-state index contributed by atoms with van der Waals surface area (Å²) in [5.74, 6) is 0.641. The maximum Gasteiger partial charge on any atom is 0.439 e. The molecule has 0 aliphatic heterocycles. The molecule has 3 aromatic heterocycles. The second-order valence-electron chi connectivity index (χ2n) is 9.23. The van der Waals surface area contributed by atoms with Crippen LogP contribution in [0.4, 0.5) is 0 Å². The number of likely N-dealkylation sites (N-methyl/N-ethyl adjacent to an activating group) is 1. The van der Waals surface area contributed by atoms with Crippen LogP contribution < -0.4 is 10.5 Å². The first-order valence-corrected chi connectivity index (χ1v) is 11.9. The first kappa shape index (κ1) is 22.9. The fourth-order valence-electron chi connectivity index (χ4n) is 5.10. The number of hydrogen-bond acceptors (Lipinski definition) is 6. The van der Waals surface area contributed by atoms with Gasteiger partial charge in [0.2, 0.25) is 11.8 Å². The fourth-order valence-corrected chi connectivity index (χ4v) is 5.10. The van der Waals surface area contributed by atoms with Gasteiger partial charge in [-0.25, -0.2) is 9.78 Å². The molecule has 9 nitrogen and oxygen atoms in total. The second-order valence-corrected chi connectivity index (χ2v) is 9.23. The summed E-state index contributed by atoms with van der Waals surface area (Å²) >= 11 is 0. The average Bonchev–Trinajstić information content (AvgIpc) is 3.45. The van der Waals surface area contributed by atoms with Gasteiger partial charge < -0.3 is 14.2 Å². The summed E-state index contributed by atoms with van der Waals surface area (Å²) in [5.41, 5.74) is 4.84. The molecule has 35 heavy (non-hydrogen) atoms. The molecule has 0 atom stereocenters. The molecule has 1 aliphatic carbocycles. The van der Waals surface area contributed by atoms with Crippen molar-refractivity contribution < 1.29 is 14.1 Å². The highest BCUT2D eigenvalue weighted by Gasteiger charge is 2.28. The Labute approximate surface area is 202 Å². The molecule has 0 spiro atoms. The van der Waals surface area contributed by atoms with Crippen LogP contribution in [0.5, 0.6) is 5.88 Å². The summed E-state index contributed by atoms with van der Waals surface area (Å²) in [4.78, 5) is 33.1. The molecular formula is C26H29N5O4. The third-order valence-corrected chi connectivity index (χ3v) is 6.84. The Morgan fingerprint density at radius 3 is 2.66 bits per heavy atom. The number of amides is 1. The minimum atomic E-state index is -0.606. The molecule has 0 unspecified atom stereocenters. The zero-order valence-electron chi connectivity index (χ0n) is 20.2. The highest BCUT2D eigenvalue weighted by molar-refractivity contribution is 5.96. The predicted octanol–water partition coefficient (Wildman–Crippen LogP) is 4.19. The summed E-state index contributed by atoms with van der Waals surface area (Å²) in [5, 5.41) is 4.96. The van der Waals surface area contributed by atoms with E-state index in [-0.39, 0.29) is 12.5 Å². The molecule has 3 heterocycles. The number of pyridine rings is 1. The van der Waals surface area contributed by atoms with Crippen LogP contribution in [-0.4, -0.2) is 51.7 Å². The lowest BCUT2D eigenvalue weighted by atomic mass is 9.82. The van der Waals surface area contributed by atoms with Crippen LogP contribution in [0, 0.1) is 0 Å². The normalized spacial score (nSPS) is 14.4. The van der Waals surface area contributed by atoms with E-state index in [2.05, 4.69) is 25.8 Å². The molecule has 5 rings (SSSR count). The molecule has 9 heteroatoms. The standard InChI is InChI=1S/C26H29N5O4/c1-30(2)22(32)15-31-20-13-18(25-28-26(33)35-29-25)9-10-19(20)23(16-7-5-4-6-8-16)24(31)17-11-12-27-21(14-17)34-3/h9-14,16H,4-8,15H2,1-3H3,(H,28,29,33). The summed E-state index contributed by atoms with van der Waals surface area (Å²) in [7, 11) is 5.12. The molecule has 0 radical (unpaired) electrons. The average molecular weight is 476 g/mol. The maximum atomic E-state index is 13.0. The van der Waals surface area contributed by atoms with Crippen molar-refractivity contribution in [1.29, 1.82) is 0 Å². The topological polar surface area (TPSA) is 106 Å². The zero-order valence-corrected chi connectivity index (χ0v) is 20.2. The van der Waals surface area contributed by atoms with Gasteiger partial charge in [-0.15, -0.1) is 0 Å². The Bertz CT molecular complexity index is 1430. The van der Waals surface area contributed by atoms with Crippen molar-refractivity contribution in [2.75, 3.05) is 21.2 Å². The number of nitrogens with zero attached hydrogens (tertiary/aromatic N) is 4. The first-order valence-electron chi connectivity index (χ1n) is 11.9. The van der Waals surface area contributed by atoms with Crippen molar-refractivity contribution in [2.45, 2.75) is 44.6 Å². The van der Waals surface area contributed by atoms with E-state index in [1.54, 1.807) is 32.3 Å². The molecule has 0 saturated heterocycles. The Morgan fingerprint density at radius 1 is 1.17 bits per heavy atom. The molecule has 4 aromatic rings. The van der Waals surface area contributed by atoms with Crippen molar-refractivity contribution in [3.8, 4) is 28.5 Å². The van der Waals surface area contributed by atoms with Gasteiger partial charge in [0.1, 0.15) is 6.54 Å². The molecule has 1 fully saturated rings. The largest absolute Gasteiger partial charge is 0.481 e. The van der Waals surface area contributed by atoms with E-state index in [4.69, 9.17) is 9.26 Å². The Hall–Kier alpha value is -3.88. The van der Waals surface area contributed by atoms with Gasteiger partial charge in [0.15, 0.2) is 5.82 Å². The lowest BCUT2D eigenvalue weighted by Gasteiger charge is -2.24. The highest BCUT2D eigenvalue weighted by atomic mass is 16.5. The maximum absolute atomic E-state index is 13.0. The minimum Gasteiger partial charge on any atom is -0.481 e. The van der Waals surface area contributed by atoms with E-state index in [9.17, 15) is 9.59 Å². The fraction of sp³-hybridized carbons (Fsp3) is 0.385. The summed E-state index contributed by atoms with van der Waals surface area (Å²) < 4.78 is 12.2. The molecule has 182 valence electrons. The number of fused-ring (bicyclic) bond motifs is 1. The van der Waals surface area contributed by atoms with Gasteiger partial charge in [0.05, 0.1) is 18.3 Å². The number of hydrogen-bond donors (Lipinski definition) is 1. The molecule has 1 aliphatic rings. The minimum absolute atomic E-state index is 0.0142. The number of carbonyl (C=O) groups excluding carboxylic acids is 1. The number of rotatable bonds is 6. The van der Waals surface area contributed by atoms with Crippen molar-refractivity contribution in [3.05, 3.63) is 52.6 Å². The van der Waals surface area contributed by atoms with Crippen molar-refractivity contribution in [3.63, 3.8) is 0 Å². The van der Waals surface area contributed by atoms with E-state index >= 15 is 0 Å². The number of aromatic amines is 1. The van der Waals surface area contributed by atoms with E-state index in [1.165, 1.54) is 24.8 Å². The van der Waals surface area contributed by atoms with Crippen LogP contribution in [0.15, 0.2) is 45.8 Å².